The van der Waals surface area contributed by atoms with E-state index in [0.29, 0.717) is 31.6 Å². The molecule has 0 saturated carbocycles. The Morgan fingerprint density at radius 2 is 0.442 bits per heavy atom. The largest absolute Gasteiger partial charge is 0.472 e. The molecule has 3 N–H and O–H groups in total. The number of rotatable bonds is 83. The Morgan fingerprint density at radius 1 is 0.260 bits per heavy atom. The number of hydrogen-bond acceptors (Lipinski definition) is 15. The Bertz CT molecular complexity index is 2010. The van der Waals surface area contributed by atoms with E-state index < -0.39 is 97.5 Å². The highest BCUT2D eigenvalue weighted by Crippen LogP contribution is 2.45. The minimum absolute atomic E-state index is 0.107. The Labute approximate surface area is 638 Å². The maximum Gasteiger partial charge on any atom is 0.472 e. The first-order chi connectivity index (χ1) is 50.2. The van der Waals surface area contributed by atoms with Gasteiger partial charge in [-0.1, -0.05) is 395 Å². The van der Waals surface area contributed by atoms with E-state index in [0.717, 1.165) is 108 Å². The molecule has 0 heterocycles. The van der Waals surface area contributed by atoms with Crippen molar-refractivity contribution >= 4 is 39.5 Å². The van der Waals surface area contributed by atoms with Gasteiger partial charge in [-0.05, 0) is 43.4 Å². The molecule has 0 aromatic rings. The average Bonchev–Trinajstić information content (AvgIpc) is 0.914. The number of carbonyl (C=O) groups is 4. The number of aliphatic hydroxyl groups excluding tert-OH is 1. The lowest BCUT2D eigenvalue weighted by atomic mass is 10.0. The Hall–Kier alpha value is -1.94. The first-order valence-corrected chi connectivity index (χ1v) is 46.8. The summed E-state index contributed by atoms with van der Waals surface area (Å²) < 4.78 is 68.9. The average molecular weight is 1520 g/mol. The Morgan fingerprint density at radius 3 is 0.654 bits per heavy atom. The van der Waals surface area contributed by atoms with Crippen LogP contribution in [0, 0.1) is 17.8 Å². The molecule has 0 spiro atoms. The number of hydrogen-bond donors (Lipinski definition) is 3. The van der Waals surface area contributed by atoms with E-state index in [1.807, 2.05) is 0 Å². The molecule has 0 bridgehead atoms. The predicted octanol–water partition coefficient (Wildman–Crippen LogP) is 25.7. The molecule has 5 atom stereocenters. The first-order valence-electron chi connectivity index (χ1n) is 43.8. The van der Waals surface area contributed by atoms with Crippen LogP contribution in [0.25, 0.3) is 0 Å². The van der Waals surface area contributed by atoms with Gasteiger partial charge in [0, 0.05) is 25.7 Å². The summed E-state index contributed by atoms with van der Waals surface area (Å²) in [6.45, 7) is 12.0. The number of carbonyl (C=O) groups excluding carboxylic acids is 4. The van der Waals surface area contributed by atoms with Crippen LogP contribution in [0.4, 0.5) is 0 Å². The summed E-state index contributed by atoms with van der Waals surface area (Å²) in [6, 6.07) is 0. The van der Waals surface area contributed by atoms with E-state index in [4.69, 9.17) is 37.0 Å². The van der Waals surface area contributed by atoms with E-state index >= 15 is 0 Å². The van der Waals surface area contributed by atoms with E-state index in [1.54, 1.807) is 0 Å². The van der Waals surface area contributed by atoms with Crippen molar-refractivity contribution in [1.29, 1.82) is 0 Å². The van der Waals surface area contributed by atoms with Crippen LogP contribution in [0.3, 0.4) is 0 Å². The van der Waals surface area contributed by atoms with Crippen LogP contribution in [0.5, 0.6) is 0 Å². The third-order valence-electron chi connectivity index (χ3n) is 19.9. The predicted molar refractivity (Wildman–Crippen MR) is 428 cm³/mol. The molecule has 0 saturated heterocycles. The van der Waals surface area contributed by atoms with Crippen molar-refractivity contribution in [2.45, 2.75) is 465 Å². The molecule has 0 fully saturated rings. The second kappa shape index (κ2) is 75.1. The highest BCUT2D eigenvalue weighted by Gasteiger charge is 2.30. The molecule has 17 nitrogen and oxygen atoms in total. The summed E-state index contributed by atoms with van der Waals surface area (Å²) in [6.07, 6.45) is 65.3. The zero-order valence-electron chi connectivity index (χ0n) is 68.5. The summed E-state index contributed by atoms with van der Waals surface area (Å²) in [7, 11) is -9.93. The number of unbranched alkanes of at least 4 members (excludes halogenated alkanes) is 51. The lowest BCUT2D eigenvalue weighted by molar-refractivity contribution is -0.161. The van der Waals surface area contributed by atoms with Gasteiger partial charge in [-0.2, -0.15) is 0 Å². The lowest BCUT2D eigenvalue weighted by Crippen LogP contribution is -2.30. The van der Waals surface area contributed by atoms with Gasteiger partial charge in [-0.15, -0.1) is 0 Å². The molecular formula is C85H166O17P2. The van der Waals surface area contributed by atoms with Crippen LogP contribution < -0.4 is 0 Å². The number of aliphatic hydroxyl groups is 1. The molecule has 0 aliphatic carbocycles. The summed E-state index contributed by atoms with van der Waals surface area (Å²) in [5, 5.41) is 10.7. The highest BCUT2D eigenvalue weighted by molar-refractivity contribution is 7.47. The van der Waals surface area contributed by atoms with E-state index in [1.165, 1.54) is 250 Å². The highest BCUT2D eigenvalue weighted by atomic mass is 31.2. The maximum atomic E-state index is 13.1. The molecule has 0 aliphatic rings. The van der Waals surface area contributed by atoms with Crippen LogP contribution in [0.2, 0.25) is 0 Å². The summed E-state index contributed by atoms with van der Waals surface area (Å²) >= 11 is 0. The molecule has 618 valence electrons. The van der Waals surface area contributed by atoms with Crippen molar-refractivity contribution in [2.24, 2.45) is 17.8 Å². The zero-order valence-corrected chi connectivity index (χ0v) is 70.3. The van der Waals surface area contributed by atoms with E-state index in [-0.39, 0.29) is 25.7 Å². The van der Waals surface area contributed by atoms with Gasteiger partial charge < -0.3 is 33.8 Å². The van der Waals surface area contributed by atoms with E-state index in [2.05, 4.69) is 48.5 Å². The molecule has 0 aromatic heterocycles. The third kappa shape index (κ3) is 78.2. The molecule has 0 amide bonds. The fourth-order valence-electron chi connectivity index (χ4n) is 13.2. The van der Waals surface area contributed by atoms with Crippen molar-refractivity contribution in [2.75, 3.05) is 39.6 Å². The molecular weight excluding hydrogens is 1350 g/mol. The molecule has 0 aliphatic heterocycles. The minimum Gasteiger partial charge on any atom is -0.462 e. The molecule has 0 aromatic carbocycles. The topological polar surface area (TPSA) is 237 Å². The maximum absolute atomic E-state index is 13.1. The van der Waals surface area contributed by atoms with Crippen molar-refractivity contribution in [3.05, 3.63) is 0 Å². The second-order valence-electron chi connectivity index (χ2n) is 32.0. The van der Waals surface area contributed by atoms with Crippen LogP contribution in [0.15, 0.2) is 0 Å². The standard InChI is InChI=1S/C85H166O17P2/c1-8-9-10-11-12-13-14-15-16-17-18-19-22-29-34-39-46-54-61-68-84(89)101-80(72-95-82(87)66-59-52-45-38-33-28-23-20-21-26-31-36-42-49-56-63-76(2)3)74-99-103(91,92)97-70-79(86)71-98-104(93,94)100-75-81(73-96-83(88)67-60-53-48-41-44-51-58-65-78(6)7)102-85(90)69-62-55-47-40-35-30-25-24-27-32-37-43-50-57-64-77(4)5/h76-81,86H,8-75H2,1-7H3,(H,91,92)(H,93,94)/t79-,80-,81-/m1/s1. The van der Waals surface area contributed by atoms with Crippen LogP contribution in [-0.4, -0.2) is 96.7 Å². The molecule has 0 radical (unpaired) electrons. The molecule has 0 rings (SSSR count). The second-order valence-corrected chi connectivity index (χ2v) is 34.9. The summed E-state index contributed by atoms with van der Waals surface area (Å²) in [5.74, 6) is 0.200. The van der Waals surface area contributed by atoms with Gasteiger partial charge in [0.2, 0.25) is 0 Å². The fourth-order valence-corrected chi connectivity index (χ4v) is 14.8. The van der Waals surface area contributed by atoms with Crippen molar-refractivity contribution in [3.63, 3.8) is 0 Å². The molecule has 19 heteroatoms. The van der Waals surface area contributed by atoms with Gasteiger partial charge in [-0.3, -0.25) is 37.3 Å². The third-order valence-corrected chi connectivity index (χ3v) is 21.8. The number of ether oxygens (including phenoxy) is 4. The SMILES string of the molecule is CCCCCCCCCCCCCCCCCCCCCC(=O)O[C@H](COC(=O)CCCCCCCCCCCCCCCCCC(C)C)COP(=O)(O)OC[C@@H](O)COP(=O)(O)OC[C@@H](COC(=O)CCCCCCCCCC(C)C)OC(=O)CCCCCCCCCCCCCCCCC(C)C. The van der Waals surface area contributed by atoms with Crippen molar-refractivity contribution in [3.8, 4) is 0 Å². The normalized spacial score (nSPS) is 13.9. The van der Waals surface area contributed by atoms with Crippen LogP contribution >= 0.6 is 15.6 Å². The minimum atomic E-state index is -4.97. The van der Waals surface area contributed by atoms with Crippen molar-refractivity contribution < 1.29 is 80.2 Å². The van der Waals surface area contributed by atoms with Crippen molar-refractivity contribution in [1.82, 2.24) is 0 Å². The van der Waals surface area contributed by atoms with Crippen LogP contribution in [0.1, 0.15) is 447 Å². The van der Waals surface area contributed by atoms with Gasteiger partial charge in [0.05, 0.1) is 26.4 Å². The van der Waals surface area contributed by atoms with E-state index in [9.17, 15) is 43.2 Å². The lowest BCUT2D eigenvalue weighted by Gasteiger charge is -2.21. The zero-order chi connectivity index (χ0) is 76.5. The first kappa shape index (κ1) is 102. The van der Waals surface area contributed by atoms with Gasteiger partial charge in [0.25, 0.3) is 0 Å². The molecule has 104 heavy (non-hydrogen) atoms. The Balaban J connectivity index is 5.24. The quantitative estimate of drug-likeness (QED) is 0.0222. The van der Waals surface area contributed by atoms with Gasteiger partial charge in [0.1, 0.15) is 19.3 Å². The monoisotopic (exact) mass is 1520 g/mol. The van der Waals surface area contributed by atoms with Gasteiger partial charge in [0.15, 0.2) is 12.2 Å². The summed E-state index contributed by atoms with van der Waals surface area (Å²) in [5.41, 5.74) is 0. The number of phosphoric ester groups is 2. The fraction of sp³-hybridized carbons (Fsp3) is 0.953. The van der Waals surface area contributed by atoms with Crippen LogP contribution in [-0.2, 0) is 65.4 Å². The number of phosphoric acid groups is 2. The smallest absolute Gasteiger partial charge is 0.462 e. The van der Waals surface area contributed by atoms with Gasteiger partial charge >= 0.3 is 39.5 Å². The summed E-state index contributed by atoms with van der Waals surface area (Å²) in [4.78, 5) is 73.2. The number of esters is 4. The molecule has 2 unspecified atom stereocenters. The van der Waals surface area contributed by atoms with Gasteiger partial charge in [-0.25, -0.2) is 9.13 Å². The Kier molecular flexibility index (Phi) is 73.7.